The third-order valence-corrected chi connectivity index (χ3v) is 6.24. The minimum Gasteiger partial charge on any atom is -0.362 e. The molecule has 140 valence electrons. The molecule has 0 spiro atoms. The van der Waals surface area contributed by atoms with E-state index in [-0.39, 0.29) is 16.5 Å². The van der Waals surface area contributed by atoms with Crippen LogP contribution in [-0.4, -0.2) is 70.0 Å². The van der Waals surface area contributed by atoms with E-state index in [0.29, 0.717) is 37.6 Å². The number of carbonyl (C=O) groups excluding carboxylic acids is 1. The van der Waals surface area contributed by atoms with Crippen molar-refractivity contribution in [3.63, 3.8) is 0 Å². The monoisotopic (exact) mass is 394 g/mol. The molecule has 0 saturated carbocycles. The number of hydrogen-bond donors (Lipinski definition) is 0. The Balaban J connectivity index is 1.49. The maximum Gasteiger partial charge on any atom is 0.292 e. The normalized spacial score (nSPS) is 17.5. The average Bonchev–Trinajstić information content (AvgIpc) is 3.21. The number of amides is 1. The van der Waals surface area contributed by atoms with Crippen molar-refractivity contribution in [3.8, 4) is 0 Å². The molecule has 7 nitrogen and oxygen atoms in total. The third-order valence-electron chi connectivity index (χ3n) is 4.73. The molecular formula is C17H22N4O3S2. The number of nitro groups is 1. The lowest BCUT2D eigenvalue weighted by molar-refractivity contribution is -0.384. The van der Waals surface area contributed by atoms with Crippen molar-refractivity contribution in [2.24, 2.45) is 0 Å². The Morgan fingerprint density at radius 2 is 1.73 bits per heavy atom. The summed E-state index contributed by atoms with van der Waals surface area (Å²) in [6.45, 7) is 4.32. The molecule has 26 heavy (non-hydrogen) atoms. The van der Waals surface area contributed by atoms with Crippen LogP contribution in [0.1, 0.15) is 12.8 Å². The van der Waals surface area contributed by atoms with Gasteiger partial charge in [-0.2, -0.15) is 0 Å². The number of rotatable bonds is 4. The molecule has 1 aromatic carbocycles. The zero-order valence-electron chi connectivity index (χ0n) is 14.5. The van der Waals surface area contributed by atoms with Crippen LogP contribution in [0.25, 0.3) is 0 Å². The highest BCUT2D eigenvalue weighted by Gasteiger charge is 2.26. The lowest BCUT2D eigenvalue weighted by Gasteiger charge is -2.35. The van der Waals surface area contributed by atoms with E-state index < -0.39 is 0 Å². The Morgan fingerprint density at radius 3 is 2.38 bits per heavy atom. The number of nitro benzene ring substituents is 1. The van der Waals surface area contributed by atoms with Gasteiger partial charge in [-0.25, -0.2) is 0 Å². The Hall–Kier alpha value is -1.87. The number of carbonyl (C=O) groups is 1. The number of hydrogen-bond acceptors (Lipinski definition) is 6. The van der Waals surface area contributed by atoms with E-state index in [0.717, 1.165) is 17.4 Å². The van der Waals surface area contributed by atoms with Gasteiger partial charge in [-0.1, -0.05) is 36.1 Å². The number of piperazine rings is 1. The number of para-hydroxylation sites is 2. The van der Waals surface area contributed by atoms with Crippen LogP contribution < -0.4 is 4.90 Å². The van der Waals surface area contributed by atoms with Crippen LogP contribution in [0.5, 0.6) is 0 Å². The predicted octanol–water partition coefficient (Wildman–Crippen LogP) is 2.36. The molecule has 1 amide bonds. The topological polar surface area (TPSA) is 69.9 Å². The lowest BCUT2D eigenvalue weighted by atomic mass is 10.2. The number of nitrogens with zero attached hydrogens (tertiary/aromatic N) is 4. The molecule has 0 aromatic heterocycles. The molecule has 9 heteroatoms. The Labute approximate surface area is 162 Å². The molecule has 0 atom stereocenters. The van der Waals surface area contributed by atoms with Gasteiger partial charge in [-0.15, -0.1) is 0 Å². The Kier molecular flexibility index (Phi) is 6.31. The van der Waals surface area contributed by atoms with Gasteiger partial charge in [0.15, 0.2) is 0 Å². The van der Waals surface area contributed by atoms with Crippen molar-refractivity contribution < 1.29 is 9.72 Å². The van der Waals surface area contributed by atoms with Crippen molar-refractivity contribution in [2.75, 3.05) is 49.9 Å². The van der Waals surface area contributed by atoms with Gasteiger partial charge in [0.05, 0.1) is 10.7 Å². The first kappa shape index (κ1) is 18.9. The molecule has 0 unspecified atom stereocenters. The van der Waals surface area contributed by atoms with Crippen LogP contribution in [0.3, 0.4) is 0 Å². The first-order valence-corrected chi connectivity index (χ1v) is 10.1. The van der Waals surface area contributed by atoms with Gasteiger partial charge in [0.1, 0.15) is 10.0 Å². The maximum atomic E-state index is 12.4. The van der Waals surface area contributed by atoms with E-state index in [2.05, 4.69) is 4.90 Å². The lowest BCUT2D eigenvalue weighted by Crippen LogP contribution is -2.49. The minimum atomic E-state index is -0.358. The van der Waals surface area contributed by atoms with E-state index in [1.165, 1.54) is 30.7 Å². The smallest absolute Gasteiger partial charge is 0.292 e. The van der Waals surface area contributed by atoms with Crippen molar-refractivity contribution in [1.82, 2.24) is 9.80 Å². The largest absolute Gasteiger partial charge is 0.362 e. The average molecular weight is 395 g/mol. The summed E-state index contributed by atoms with van der Waals surface area (Å²) in [6.07, 6.45) is 2.34. The SMILES string of the molecule is O=C(CSC(=S)N1CCCC1)N1CCN(c2ccccc2[N+](=O)[O-])CC1. The van der Waals surface area contributed by atoms with Crippen LogP contribution in [0.15, 0.2) is 24.3 Å². The molecule has 0 N–H and O–H groups in total. The van der Waals surface area contributed by atoms with Crippen LogP contribution in [0, 0.1) is 10.1 Å². The first-order valence-electron chi connectivity index (χ1n) is 8.74. The highest BCUT2D eigenvalue weighted by Crippen LogP contribution is 2.28. The molecule has 2 fully saturated rings. The summed E-state index contributed by atoms with van der Waals surface area (Å²) >= 11 is 6.84. The number of benzene rings is 1. The Bertz CT molecular complexity index is 686. The van der Waals surface area contributed by atoms with Gasteiger partial charge in [0, 0.05) is 45.3 Å². The molecule has 2 aliphatic heterocycles. The quantitative estimate of drug-likeness (QED) is 0.441. The second-order valence-electron chi connectivity index (χ2n) is 6.36. The summed E-state index contributed by atoms with van der Waals surface area (Å²) in [5.41, 5.74) is 0.730. The highest BCUT2D eigenvalue weighted by atomic mass is 32.2. The first-order chi connectivity index (χ1) is 12.6. The minimum absolute atomic E-state index is 0.0822. The van der Waals surface area contributed by atoms with E-state index in [1.54, 1.807) is 18.2 Å². The fraction of sp³-hybridized carbons (Fsp3) is 0.529. The summed E-state index contributed by atoms with van der Waals surface area (Å²) in [5.74, 6) is 0.444. The molecule has 3 rings (SSSR count). The summed E-state index contributed by atoms with van der Waals surface area (Å²) in [7, 11) is 0. The van der Waals surface area contributed by atoms with Gasteiger partial charge in [-0.05, 0) is 18.9 Å². The van der Waals surface area contributed by atoms with Crippen molar-refractivity contribution in [2.45, 2.75) is 12.8 Å². The van der Waals surface area contributed by atoms with E-state index in [1.807, 2.05) is 9.80 Å². The molecular weight excluding hydrogens is 372 g/mol. The zero-order chi connectivity index (χ0) is 18.5. The standard InChI is InChI=1S/C17H22N4O3S2/c22-16(13-26-17(25)20-7-3-4-8-20)19-11-9-18(10-12-19)14-5-1-2-6-15(14)21(23)24/h1-2,5-6H,3-4,7-13H2. The van der Waals surface area contributed by atoms with Crippen molar-refractivity contribution >= 4 is 45.6 Å². The van der Waals surface area contributed by atoms with Gasteiger partial charge in [0.25, 0.3) is 5.69 Å². The molecule has 0 radical (unpaired) electrons. The fourth-order valence-corrected chi connectivity index (χ4v) is 4.44. The Morgan fingerprint density at radius 1 is 1.08 bits per heavy atom. The fourth-order valence-electron chi connectivity index (χ4n) is 3.29. The van der Waals surface area contributed by atoms with Crippen LogP contribution >= 0.6 is 24.0 Å². The summed E-state index contributed by atoms with van der Waals surface area (Å²) in [5, 5.41) is 11.2. The number of likely N-dealkylation sites (tertiary alicyclic amines) is 1. The number of anilines is 1. The molecule has 2 heterocycles. The molecule has 0 bridgehead atoms. The number of thioether (sulfide) groups is 1. The third kappa shape index (κ3) is 4.45. The van der Waals surface area contributed by atoms with E-state index in [9.17, 15) is 14.9 Å². The summed E-state index contributed by atoms with van der Waals surface area (Å²) < 4.78 is 0.814. The van der Waals surface area contributed by atoms with Gasteiger partial charge in [0.2, 0.25) is 5.91 Å². The highest BCUT2D eigenvalue weighted by molar-refractivity contribution is 8.23. The molecule has 2 saturated heterocycles. The van der Waals surface area contributed by atoms with Crippen LogP contribution in [0.2, 0.25) is 0 Å². The van der Waals surface area contributed by atoms with E-state index in [4.69, 9.17) is 12.2 Å². The van der Waals surface area contributed by atoms with Gasteiger partial charge < -0.3 is 14.7 Å². The number of thiocarbonyl (C=S) groups is 1. The van der Waals surface area contributed by atoms with Gasteiger partial charge in [-0.3, -0.25) is 14.9 Å². The molecule has 2 aliphatic rings. The summed E-state index contributed by atoms with van der Waals surface area (Å²) in [6, 6.07) is 6.75. The van der Waals surface area contributed by atoms with Crippen LogP contribution in [-0.2, 0) is 4.79 Å². The predicted molar refractivity (Wildman–Crippen MR) is 108 cm³/mol. The van der Waals surface area contributed by atoms with Crippen molar-refractivity contribution in [1.29, 1.82) is 0 Å². The molecule has 0 aliphatic carbocycles. The second kappa shape index (κ2) is 8.68. The zero-order valence-corrected chi connectivity index (χ0v) is 16.1. The maximum absolute atomic E-state index is 12.4. The van der Waals surface area contributed by atoms with Crippen molar-refractivity contribution in [3.05, 3.63) is 34.4 Å². The second-order valence-corrected chi connectivity index (χ2v) is 7.97. The van der Waals surface area contributed by atoms with Gasteiger partial charge >= 0.3 is 0 Å². The van der Waals surface area contributed by atoms with E-state index >= 15 is 0 Å². The molecule has 1 aromatic rings. The summed E-state index contributed by atoms with van der Waals surface area (Å²) in [4.78, 5) is 29.2. The van der Waals surface area contributed by atoms with Crippen LogP contribution in [0.4, 0.5) is 11.4 Å².